The lowest BCUT2D eigenvalue weighted by Gasteiger charge is -2.18. The van der Waals surface area contributed by atoms with Gasteiger partial charge in [0.2, 0.25) is 0 Å². The van der Waals surface area contributed by atoms with E-state index in [-0.39, 0.29) is 37.5 Å². The van der Waals surface area contributed by atoms with Crippen LogP contribution in [-0.4, -0.2) is 37.2 Å². The van der Waals surface area contributed by atoms with Gasteiger partial charge < -0.3 is 14.2 Å². The van der Waals surface area contributed by atoms with Crippen molar-refractivity contribution >= 4 is 17.9 Å². The van der Waals surface area contributed by atoms with Gasteiger partial charge in [0.25, 0.3) is 0 Å². The average molecular weight is 1050 g/mol. The number of ether oxygens (including phenoxy) is 3. The average Bonchev–Trinajstić information content (AvgIpc) is 3.41. The fourth-order valence-corrected chi connectivity index (χ4v) is 9.91. The highest BCUT2D eigenvalue weighted by atomic mass is 16.6. The molecule has 0 N–H and O–H groups in total. The van der Waals surface area contributed by atoms with E-state index in [1.54, 1.807) is 0 Å². The summed E-state index contributed by atoms with van der Waals surface area (Å²) in [4.78, 5) is 38.2. The van der Waals surface area contributed by atoms with Gasteiger partial charge in [-0.15, -0.1) is 0 Å². The maximum Gasteiger partial charge on any atom is 0.306 e. The highest BCUT2D eigenvalue weighted by molar-refractivity contribution is 5.71. The van der Waals surface area contributed by atoms with Crippen molar-refractivity contribution in [2.75, 3.05) is 13.2 Å². The molecule has 0 aliphatic rings. The van der Waals surface area contributed by atoms with Crippen molar-refractivity contribution < 1.29 is 28.6 Å². The highest BCUT2D eigenvalue weighted by Crippen LogP contribution is 2.18. The number of hydrogen-bond donors (Lipinski definition) is 0. The topological polar surface area (TPSA) is 78.9 Å². The molecule has 1 unspecified atom stereocenters. The van der Waals surface area contributed by atoms with E-state index in [1.165, 1.54) is 231 Å². The van der Waals surface area contributed by atoms with Gasteiger partial charge in [-0.25, -0.2) is 0 Å². The Kier molecular flexibility index (Phi) is 61.7. The predicted octanol–water partition coefficient (Wildman–Crippen LogP) is 22.6. The number of carbonyl (C=O) groups excluding carboxylic acids is 3. The van der Waals surface area contributed by atoms with E-state index in [2.05, 4.69) is 69.4 Å². The van der Waals surface area contributed by atoms with Crippen molar-refractivity contribution in [3.63, 3.8) is 0 Å². The number of esters is 3. The molecular weight excluding hydrogens is 925 g/mol. The van der Waals surface area contributed by atoms with Crippen molar-refractivity contribution in [1.82, 2.24) is 0 Å². The summed E-state index contributed by atoms with van der Waals surface area (Å²) in [6.45, 7) is 6.53. The fourth-order valence-electron chi connectivity index (χ4n) is 9.91. The Morgan fingerprint density at radius 3 is 0.813 bits per heavy atom. The molecule has 438 valence electrons. The second-order valence-corrected chi connectivity index (χ2v) is 22.4. The van der Waals surface area contributed by atoms with Gasteiger partial charge in [-0.2, -0.15) is 0 Å². The normalized spacial score (nSPS) is 12.3. The zero-order valence-electron chi connectivity index (χ0n) is 50.3. The number of unbranched alkanes of at least 4 members (excludes halogenated alkanes) is 42. The van der Waals surface area contributed by atoms with Crippen LogP contribution in [0.3, 0.4) is 0 Å². The Labute approximate surface area is 467 Å². The second kappa shape index (κ2) is 63.9. The van der Waals surface area contributed by atoms with Gasteiger partial charge in [0.15, 0.2) is 6.10 Å². The third kappa shape index (κ3) is 62.1. The van der Waals surface area contributed by atoms with Gasteiger partial charge in [-0.3, -0.25) is 14.4 Å². The second-order valence-electron chi connectivity index (χ2n) is 22.4. The maximum absolute atomic E-state index is 12.8. The summed E-state index contributed by atoms with van der Waals surface area (Å²) < 4.78 is 16.9. The van der Waals surface area contributed by atoms with E-state index in [4.69, 9.17) is 14.2 Å². The van der Waals surface area contributed by atoms with Crippen LogP contribution in [0.25, 0.3) is 0 Å². The van der Waals surface area contributed by atoms with Crippen molar-refractivity contribution in [3.8, 4) is 0 Å². The SMILES string of the molecule is CC/C=C\C/C=C\C/C=C\C/C=C\CCCCC(=O)OC(COC(=O)CCCCCCCCCCCCC)COC(=O)CCCCCCCCCCCCCCCCCCCCCCCCCCCCCCCCC. The first-order valence-electron chi connectivity index (χ1n) is 33.1. The summed E-state index contributed by atoms with van der Waals surface area (Å²) >= 11 is 0. The van der Waals surface area contributed by atoms with Crippen molar-refractivity contribution in [2.24, 2.45) is 0 Å². The lowest BCUT2D eigenvalue weighted by Crippen LogP contribution is -2.30. The van der Waals surface area contributed by atoms with Gasteiger partial charge >= 0.3 is 17.9 Å². The minimum atomic E-state index is -0.791. The summed E-state index contributed by atoms with van der Waals surface area (Å²) in [5.74, 6) is -0.909. The molecule has 0 heterocycles. The van der Waals surface area contributed by atoms with Crippen molar-refractivity contribution in [3.05, 3.63) is 48.6 Å². The quantitative estimate of drug-likeness (QED) is 0.0261. The van der Waals surface area contributed by atoms with Gasteiger partial charge in [0, 0.05) is 19.3 Å². The molecule has 0 aromatic rings. The molecule has 0 spiro atoms. The third-order valence-electron chi connectivity index (χ3n) is 14.8. The fraction of sp³-hybridized carbons (Fsp3) is 0.841. The number of allylic oxidation sites excluding steroid dienone is 8. The van der Waals surface area contributed by atoms with Crippen LogP contribution in [0, 0.1) is 0 Å². The summed E-state index contributed by atoms with van der Waals surface area (Å²) in [6.07, 6.45) is 80.2. The third-order valence-corrected chi connectivity index (χ3v) is 14.8. The first-order chi connectivity index (χ1) is 37.0. The van der Waals surface area contributed by atoms with Crippen LogP contribution in [0.2, 0.25) is 0 Å². The van der Waals surface area contributed by atoms with Crippen LogP contribution in [0.1, 0.15) is 355 Å². The molecule has 0 aromatic heterocycles. The lowest BCUT2D eigenvalue weighted by atomic mass is 10.0. The first-order valence-corrected chi connectivity index (χ1v) is 33.1. The Morgan fingerprint density at radius 1 is 0.280 bits per heavy atom. The van der Waals surface area contributed by atoms with Crippen LogP contribution in [0.4, 0.5) is 0 Å². The smallest absolute Gasteiger partial charge is 0.306 e. The molecule has 75 heavy (non-hydrogen) atoms. The standard InChI is InChI=1S/C69H126O6/c1-4-7-10-13-16-19-22-24-26-27-28-29-30-31-32-33-34-35-36-37-38-39-40-41-43-44-47-50-53-56-59-62-68(71)74-65-66(64-73-67(70)61-58-55-52-49-46-21-18-15-12-9-6-3)75-69(72)63-60-57-54-51-48-45-42-25-23-20-17-14-11-8-5-2/h8,11,17,20,25,42,48,51,66H,4-7,9-10,12-16,18-19,21-24,26-41,43-47,49-50,52-65H2,1-3H3/b11-8-,20-17-,42-25-,51-48-. The summed E-state index contributed by atoms with van der Waals surface area (Å²) in [5, 5.41) is 0. The molecule has 0 saturated carbocycles. The molecule has 6 nitrogen and oxygen atoms in total. The minimum absolute atomic E-state index is 0.0855. The Balaban J connectivity index is 4.10. The first kappa shape index (κ1) is 72.4. The molecule has 0 aliphatic heterocycles. The number of carbonyl (C=O) groups is 3. The van der Waals surface area contributed by atoms with Crippen LogP contribution in [0.5, 0.6) is 0 Å². The van der Waals surface area contributed by atoms with E-state index in [0.717, 1.165) is 77.0 Å². The minimum Gasteiger partial charge on any atom is -0.462 e. The van der Waals surface area contributed by atoms with E-state index in [9.17, 15) is 14.4 Å². The van der Waals surface area contributed by atoms with E-state index in [0.29, 0.717) is 19.3 Å². The van der Waals surface area contributed by atoms with E-state index < -0.39 is 6.10 Å². The zero-order valence-corrected chi connectivity index (χ0v) is 50.3. The number of hydrogen-bond acceptors (Lipinski definition) is 6. The molecule has 0 amide bonds. The Bertz CT molecular complexity index is 1300. The molecular formula is C69H126O6. The molecule has 0 fully saturated rings. The summed E-state index contributed by atoms with van der Waals surface area (Å²) in [7, 11) is 0. The monoisotopic (exact) mass is 1050 g/mol. The molecule has 0 radical (unpaired) electrons. The number of rotatable bonds is 61. The van der Waals surface area contributed by atoms with E-state index >= 15 is 0 Å². The molecule has 0 aromatic carbocycles. The zero-order chi connectivity index (χ0) is 54.3. The summed E-state index contributed by atoms with van der Waals surface area (Å²) in [5.41, 5.74) is 0. The molecule has 0 rings (SSSR count). The molecule has 1 atom stereocenters. The largest absolute Gasteiger partial charge is 0.462 e. The van der Waals surface area contributed by atoms with Crippen LogP contribution < -0.4 is 0 Å². The van der Waals surface area contributed by atoms with Crippen LogP contribution >= 0.6 is 0 Å². The van der Waals surface area contributed by atoms with Gasteiger partial charge in [-0.05, 0) is 57.8 Å². The Morgan fingerprint density at radius 2 is 0.520 bits per heavy atom. The maximum atomic E-state index is 12.8. The van der Waals surface area contributed by atoms with Crippen molar-refractivity contribution in [1.29, 1.82) is 0 Å². The predicted molar refractivity (Wildman–Crippen MR) is 325 cm³/mol. The van der Waals surface area contributed by atoms with Gasteiger partial charge in [0.05, 0.1) is 0 Å². The van der Waals surface area contributed by atoms with Gasteiger partial charge in [0.1, 0.15) is 13.2 Å². The molecule has 6 heteroatoms. The van der Waals surface area contributed by atoms with Crippen LogP contribution in [0.15, 0.2) is 48.6 Å². The summed E-state index contributed by atoms with van der Waals surface area (Å²) in [6, 6.07) is 0. The molecule has 0 bridgehead atoms. The molecule has 0 aliphatic carbocycles. The van der Waals surface area contributed by atoms with Gasteiger partial charge in [-0.1, -0.05) is 326 Å². The molecule has 0 saturated heterocycles. The Hall–Kier alpha value is -2.63. The van der Waals surface area contributed by atoms with Crippen LogP contribution in [-0.2, 0) is 28.6 Å². The van der Waals surface area contributed by atoms with Crippen molar-refractivity contribution in [2.45, 2.75) is 361 Å². The van der Waals surface area contributed by atoms with E-state index in [1.807, 2.05) is 0 Å². The highest BCUT2D eigenvalue weighted by Gasteiger charge is 2.19. The lowest BCUT2D eigenvalue weighted by molar-refractivity contribution is -0.167.